The third kappa shape index (κ3) is 5.98. The van der Waals surface area contributed by atoms with E-state index in [0.29, 0.717) is 0 Å². The van der Waals surface area contributed by atoms with Crippen LogP contribution in [-0.4, -0.2) is 26.6 Å². The fourth-order valence-corrected chi connectivity index (χ4v) is 3.89. The maximum Gasteiger partial charge on any atom is 0.416 e. The van der Waals surface area contributed by atoms with Crippen molar-refractivity contribution in [3.8, 4) is 0 Å². The molecule has 0 aliphatic rings. The van der Waals surface area contributed by atoms with Gasteiger partial charge < -0.3 is 10.1 Å². The van der Waals surface area contributed by atoms with E-state index in [9.17, 15) is 31.2 Å². The van der Waals surface area contributed by atoms with Crippen LogP contribution in [0.2, 0.25) is 0 Å². The van der Waals surface area contributed by atoms with Gasteiger partial charge in [0.25, 0.3) is 5.91 Å². The Morgan fingerprint density at radius 1 is 0.909 bits per heavy atom. The number of hydrogen-bond donors (Lipinski definition) is 1. The first-order chi connectivity index (χ1) is 15.5. The number of carbonyl (C=O) groups excluding carboxylic acids is 2. The number of carbonyl (C=O) groups is 2. The third-order valence-electron chi connectivity index (χ3n) is 4.53. The van der Waals surface area contributed by atoms with Crippen LogP contribution in [0.3, 0.4) is 0 Å². The molecule has 3 rings (SSSR count). The monoisotopic (exact) mass is 477 g/mol. The fraction of sp³-hybridized carbons (Fsp3) is 0.130. The molecule has 0 saturated heterocycles. The first-order valence-corrected chi connectivity index (χ1v) is 11.4. The van der Waals surface area contributed by atoms with Crippen LogP contribution in [0.1, 0.15) is 27.6 Å². The number of nitrogens with one attached hydrogen (secondary N) is 1. The van der Waals surface area contributed by atoms with E-state index in [0.717, 1.165) is 24.5 Å². The van der Waals surface area contributed by atoms with Crippen molar-refractivity contribution >= 4 is 27.4 Å². The van der Waals surface area contributed by atoms with Crippen molar-refractivity contribution in [1.82, 2.24) is 0 Å². The highest BCUT2D eigenvalue weighted by atomic mass is 32.2. The predicted molar refractivity (Wildman–Crippen MR) is 114 cm³/mol. The standard InChI is InChI=1S/C23H18F3NO5S/c1-33(30,31)19-13-6-5-12-18(19)22(29)32-20(15-8-3-2-4-9-15)21(28)27-17-11-7-10-16(14-17)23(24,25)26/h2-14,20H,1H3,(H,27,28). The van der Waals surface area contributed by atoms with Crippen molar-refractivity contribution < 1.29 is 35.9 Å². The summed E-state index contributed by atoms with van der Waals surface area (Å²) in [5, 5.41) is 2.32. The Morgan fingerprint density at radius 2 is 1.55 bits per heavy atom. The van der Waals surface area contributed by atoms with E-state index < -0.39 is 39.6 Å². The Balaban J connectivity index is 1.93. The fourth-order valence-electron chi connectivity index (χ4n) is 3.01. The zero-order valence-corrected chi connectivity index (χ0v) is 18.0. The van der Waals surface area contributed by atoms with E-state index in [1.165, 1.54) is 42.5 Å². The molecule has 0 aromatic heterocycles. The highest BCUT2D eigenvalue weighted by molar-refractivity contribution is 7.90. The van der Waals surface area contributed by atoms with Crippen LogP contribution in [0.25, 0.3) is 0 Å². The largest absolute Gasteiger partial charge is 0.444 e. The van der Waals surface area contributed by atoms with E-state index in [1.807, 2.05) is 0 Å². The van der Waals surface area contributed by atoms with Gasteiger partial charge in [0.2, 0.25) is 6.10 Å². The quantitative estimate of drug-likeness (QED) is 0.523. The second kappa shape index (κ2) is 9.45. The SMILES string of the molecule is CS(=O)(=O)c1ccccc1C(=O)OC(C(=O)Nc1cccc(C(F)(F)F)c1)c1ccccc1. The zero-order valence-electron chi connectivity index (χ0n) is 17.2. The van der Waals surface area contributed by atoms with Gasteiger partial charge in [-0.25, -0.2) is 13.2 Å². The Labute approximate surface area is 187 Å². The molecule has 0 saturated carbocycles. The van der Waals surface area contributed by atoms with Gasteiger partial charge in [0.15, 0.2) is 9.84 Å². The van der Waals surface area contributed by atoms with Gasteiger partial charge in [0.05, 0.1) is 16.0 Å². The minimum Gasteiger partial charge on any atom is -0.444 e. The number of alkyl halides is 3. The smallest absolute Gasteiger partial charge is 0.416 e. The summed E-state index contributed by atoms with van der Waals surface area (Å²) in [7, 11) is -3.77. The molecule has 1 amide bonds. The maximum absolute atomic E-state index is 13.0. The van der Waals surface area contributed by atoms with Gasteiger partial charge in [-0.05, 0) is 30.3 Å². The van der Waals surface area contributed by atoms with Gasteiger partial charge in [0, 0.05) is 17.5 Å². The van der Waals surface area contributed by atoms with Gasteiger partial charge in [-0.2, -0.15) is 13.2 Å². The molecule has 0 bridgehead atoms. The molecule has 33 heavy (non-hydrogen) atoms. The van der Waals surface area contributed by atoms with Crippen molar-refractivity contribution in [3.63, 3.8) is 0 Å². The summed E-state index contributed by atoms with van der Waals surface area (Å²) in [6.45, 7) is 0. The molecule has 0 radical (unpaired) electrons. The van der Waals surface area contributed by atoms with Crippen molar-refractivity contribution in [2.24, 2.45) is 0 Å². The second-order valence-corrected chi connectivity index (χ2v) is 9.02. The lowest BCUT2D eigenvalue weighted by atomic mass is 10.1. The van der Waals surface area contributed by atoms with Gasteiger partial charge in [-0.1, -0.05) is 48.5 Å². The van der Waals surface area contributed by atoms with Gasteiger partial charge in [0.1, 0.15) is 0 Å². The molecule has 0 aliphatic carbocycles. The van der Waals surface area contributed by atoms with E-state index in [2.05, 4.69) is 5.32 Å². The van der Waals surface area contributed by atoms with Crippen LogP contribution < -0.4 is 5.32 Å². The summed E-state index contributed by atoms with van der Waals surface area (Å²) < 4.78 is 68.4. The van der Waals surface area contributed by atoms with Crippen LogP contribution in [0.5, 0.6) is 0 Å². The average molecular weight is 477 g/mol. The number of hydrogen-bond acceptors (Lipinski definition) is 5. The normalized spacial score (nSPS) is 12.6. The minimum absolute atomic E-state index is 0.150. The molecule has 0 spiro atoms. The summed E-state index contributed by atoms with van der Waals surface area (Å²) in [6.07, 6.45) is -5.24. The Morgan fingerprint density at radius 3 is 2.18 bits per heavy atom. The number of amides is 1. The van der Waals surface area contributed by atoms with Crippen LogP contribution in [0.4, 0.5) is 18.9 Å². The Hall–Kier alpha value is -3.66. The highest BCUT2D eigenvalue weighted by Gasteiger charge is 2.32. The lowest BCUT2D eigenvalue weighted by Gasteiger charge is -2.19. The summed E-state index contributed by atoms with van der Waals surface area (Å²) in [6, 6.07) is 17.1. The second-order valence-electron chi connectivity index (χ2n) is 7.03. The van der Waals surface area contributed by atoms with E-state index >= 15 is 0 Å². The van der Waals surface area contributed by atoms with Gasteiger partial charge in [-0.3, -0.25) is 4.79 Å². The van der Waals surface area contributed by atoms with Crippen molar-refractivity contribution in [1.29, 1.82) is 0 Å². The summed E-state index contributed by atoms with van der Waals surface area (Å²) in [5.41, 5.74) is -1.14. The molecule has 1 N–H and O–H groups in total. The lowest BCUT2D eigenvalue weighted by molar-refractivity contribution is -0.137. The van der Waals surface area contributed by atoms with Crippen LogP contribution in [-0.2, 0) is 25.5 Å². The Bertz CT molecular complexity index is 1270. The van der Waals surface area contributed by atoms with Crippen LogP contribution in [0, 0.1) is 0 Å². The maximum atomic E-state index is 13.0. The molecular weight excluding hydrogens is 459 g/mol. The van der Waals surface area contributed by atoms with Crippen LogP contribution >= 0.6 is 0 Å². The predicted octanol–water partition coefficient (Wildman–Crippen LogP) is 4.65. The average Bonchev–Trinajstić information content (AvgIpc) is 2.77. The number of ether oxygens (including phenoxy) is 1. The van der Waals surface area contributed by atoms with Crippen LogP contribution in [0.15, 0.2) is 83.8 Å². The topological polar surface area (TPSA) is 89.5 Å². The van der Waals surface area contributed by atoms with E-state index in [1.54, 1.807) is 18.2 Å². The number of rotatable bonds is 6. The number of benzene rings is 3. The lowest BCUT2D eigenvalue weighted by Crippen LogP contribution is -2.26. The molecule has 10 heteroatoms. The van der Waals surface area contributed by atoms with E-state index in [4.69, 9.17) is 4.74 Å². The van der Waals surface area contributed by atoms with Crippen molar-refractivity contribution in [3.05, 3.63) is 95.6 Å². The molecule has 0 heterocycles. The highest BCUT2D eigenvalue weighted by Crippen LogP contribution is 2.31. The van der Waals surface area contributed by atoms with Crippen molar-refractivity contribution in [2.75, 3.05) is 11.6 Å². The summed E-state index contributed by atoms with van der Waals surface area (Å²) in [4.78, 5) is 25.5. The number of anilines is 1. The Kier molecular flexibility index (Phi) is 6.87. The number of sulfone groups is 1. The first-order valence-electron chi connectivity index (χ1n) is 9.50. The number of esters is 1. The van der Waals surface area contributed by atoms with Crippen molar-refractivity contribution in [2.45, 2.75) is 17.2 Å². The summed E-state index contributed by atoms with van der Waals surface area (Å²) >= 11 is 0. The molecule has 1 unspecified atom stereocenters. The van der Waals surface area contributed by atoms with E-state index in [-0.39, 0.29) is 21.7 Å². The third-order valence-corrected chi connectivity index (χ3v) is 5.68. The van der Waals surface area contributed by atoms with Gasteiger partial charge in [-0.15, -0.1) is 0 Å². The zero-order chi connectivity index (χ0) is 24.2. The first kappa shape index (κ1) is 24.0. The molecule has 172 valence electrons. The molecule has 0 fully saturated rings. The molecule has 1 atom stereocenters. The summed E-state index contributed by atoms with van der Waals surface area (Å²) in [5.74, 6) is -1.99. The minimum atomic E-state index is -4.61. The molecule has 3 aromatic carbocycles. The molecular formula is C23H18F3NO5S. The molecule has 6 nitrogen and oxygen atoms in total. The number of halogens is 3. The van der Waals surface area contributed by atoms with Gasteiger partial charge >= 0.3 is 12.1 Å². The molecule has 3 aromatic rings. The molecule has 0 aliphatic heterocycles.